The van der Waals surface area contributed by atoms with Crippen LogP contribution < -0.4 is 0 Å². The maximum absolute atomic E-state index is 14.3. The average Bonchev–Trinajstić information content (AvgIpc) is 2.99. The SMILES string of the molecule is Cc1nn(Cc2ccc(Cl)cc2F)c2c1CCN(C(=O)CN1CC3(CC(C(=O)O)C3)C1)C2. The number of halogens is 2. The van der Waals surface area contributed by atoms with Crippen molar-refractivity contribution in [2.75, 3.05) is 26.2 Å². The van der Waals surface area contributed by atoms with Gasteiger partial charge in [-0.15, -0.1) is 0 Å². The van der Waals surface area contributed by atoms with Crippen molar-refractivity contribution in [3.8, 4) is 0 Å². The third-order valence-corrected chi connectivity index (χ3v) is 7.45. The van der Waals surface area contributed by atoms with E-state index in [2.05, 4.69) is 10.00 Å². The lowest BCUT2D eigenvalue weighted by Gasteiger charge is -2.58. The van der Waals surface area contributed by atoms with E-state index in [0.29, 0.717) is 36.8 Å². The van der Waals surface area contributed by atoms with Crippen LogP contribution in [0.25, 0.3) is 0 Å². The molecule has 170 valence electrons. The lowest BCUT2D eigenvalue weighted by atomic mass is 9.58. The number of hydrogen-bond acceptors (Lipinski definition) is 4. The Kier molecular flexibility index (Phi) is 5.25. The molecule has 9 heteroatoms. The van der Waals surface area contributed by atoms with Gasteiger partial charge in [-0.3, -0.25) is 19.2 Å². The van der Waals surface area contributed by atoms with E-state index in [1.807, 2.05) is 11.8 Å². The van der Waals surface area contributed by atoms with Gasteiger partial charge in [0.25, 0.3) is 0 Å². The van der Waals surface area contributed by atoms with Crippen LogP contribution in [0.2, 0.25) is 5.02 Å². The highest BCUT2D eigenvalue weighted by atomic mass is 35.5. The number of carboxylic acid groups (broad SMARTS) is 1. The van der Waals surface area contributed by atoms with Crippen molar-refractivity contribution in [2.24, 2.45) is 11.3 Å². The number of rotatable bonds is 5. The summed E-state index contributed by atoms with van der Waals surface area (Å²) < 4.78 is 16.1. The zero-order chi connectivity index (χ0) is 22.6. The first kappa shape index (κ1) is 21.4. The molecule has 32 heavy (non-hydrogen) atoms. The van der Waals surface area contributed by atoms with Crippen LogP contribution in [0.1, 0.15) is 35.4 Å². The van der Waals surface area contributed by atoms with Gasteiger partial charge >= 0.3 is 5.97 Å². The first-order valence-electron chi connectivity index (χ1n) is 10.9. The van der Waals surface area contributed by atoms with Gasteiger partial charge in [0.05, 0.1) is 36.9 Å². The second-order valence-electron chi connectivity index (χ2n) is 9.56. The monoisotopic (exact) mass is 460 g/mol. The Morgan fingerprint density at radius 1 is 1.31 bits per heavy atom. The Hall–Kier alpha value is -2.45. The first-order valence-corrected chi connectivity index (χ1v) is 11.3. The van der Waals surface area contributed by atoms with Crippen LogP contribution in [-0.2, 0) is 29.1 Å². The highest BCUT2D eigenvalue weighted by Gasteiger charge is 2.54. The molecular formula is C23H26ClFN4O3. The minimum absolute atomic E-state index is 0.0719. The summed E-state index contributed by atoms with van der Waals surface area (Å²) in [6.45, 7) is 5.31. The Morgan fingerprint density at radius 3 is 2.75 bits per heavy atom. The van der Waals surface area contributed by atoms with Crippen molar-refractivity contribution in [2.45, 2.75) is 39.3 Å². The van der Waals surface area contributed by atoms with E-state index in [1.165, 1.54) is 6.07 Å². The van der Waals surface area contributed by atoms with Crippen molar-refractivity contribution in [3.63, 3.8) is 0 Å². The number of carbonyl (C=O) groups is 2. The number of aromatic nitrogens is 2. The van der Waals surface area contributed by atoms with Crippen LogP contribution in [0.15, 0.2) is 18.2 Å². The van der Waals surface area contributed by atoms with Gasteiger partial charge in [-0.25, -0.2) is 4.39 Å². The van der Waals surface area contributed by atoms with Crippen LogP contribution in [0, 0.1) is 24.1 Å². The fraction of sp³-hybridized carbons (Fsp3) is 0.522. The Balaban J connectivity index is 1.22. The van der Waals surface area contributed by atoms with Crippen molar-refractivity contribution >= 4 is 23.5 Å². The number of aryl methyl sites for hydroxylation is 1. The quantitative estimate of drug-likeness (QED) is 0.742. The molecular weight excluding hydrogens is 435 g/mol. The van der Waals surface area contributed by atoms with E-state index in [0.717, 1.165) is 49.3 Å². The van der Waals surface area contributed by atoms with E-state index < -0.39 is 5.97 Å². The van der Waals surface area contributed by atoms with Crippen LogP contribution in [0.5, 0.6) is 0 Å². The molecule has 1 saturated heterocycles. The summed E-state index contributed by atoms with van der Waals surface area (Å²) in [6, 6.07) is 4.64. The van der Waals surface area contributed by atoms with Crippen LogP contribution in [0.3, 0.4) is 0 Å². The number of hydrogen-bond donors (Lipinski definition) is 1. The molecule has 2 aromatic rings. The summed E-state index contributed by atoms with van der Waals surface area (Å²) in [5, 5.41) is 14.1. The predicted molar refractivity (Wildman–Crippen MR) is 116 cm³/mol. The Morgan fingerprint density at radius 2 is 2.06 bits per heavy atom. The maximum Gasteiger partial charge on any atom is 0.306 e. The lowest BCUT2D eigenvalue weighted by Crippen LogP contribution is -2.64. The topological polar surface area (TPSA) is 78.7 Å². The molecule has 0 bridgehead atoms. The van der Waals surface area contributed by atoms with Gasteiger partial charge in [-0.05, 0) is 49.3 Å². The van der Waals surface area contributed by atoms with Crippen molar-refractivity contribution in [3.05, 3.63) is 51.6 Å². The fourth-order valence-electron chi connectivity index (χ4n) is 5.55. The highest BCUT2D eigenvalue weighted by Crippen LogP contribution is 2.51. The molecule has 2 fully saturated rings. The zero-order valence-electron chi connectivity index (χ0n) is 18.0. The van der Waals surface area contributed by atoms with Gasteiger partial charge in [0.1, 0.15) is 5.82 Å². The molecule has 2 aliphatic heterocycles. The van der Waals surface area contributed by atoms with Gasteiger partial charge in [0.2, 0.25) is 5.91 Å². The minimum Gasteiger partial charge on any atom is -0.481 e. The number of nitrogens with zero attached hydrogens (tertiary/aromatic N) is 4. The largest absolute Gasteiger partial charge is 0.481 e. The zero-order valence-corrected chi connectivity index (χ0v) is 18.7. The summed E-state index contributed by atoms with van der Waals surface area (Å²) in [5.74, 6) is -1.22. The number of aliphatic carboxylic acids is 1. The van der Waals surface area contributed by atoms with Gasteiger partial charge in [0.15, 0.2) is 0 Å². The number of benzene rings is 1. The third kappa shape index (κ3) is 3.79. The Bertz CT molecular complexity index is 1090. The van der Waals surface area contributed by atoms with Gasteiger partial charge in [0, 0.05) is 30.2 Å². The molecule has 5 rings (SSSR count). The minimum atomic E-state index is -0.709. The van der Waals surface area contributed by atoms with Crippen molar-refractivity contribution in [1.82, 2.24) is 19.6 Å². The molecule has 1 aromatic carbocycles. The second kappa shape index (κ2) is 7.85. The van der Waals surface area contributed by atoms with Crippen LogP contribution in [-0.4, -0.2) is 62.7 Å². The first-order chi connectivity index (χ1) is 15.2. The highest BCUT2D eigenvalue weighted by molar-refractivity contribution is 6.30. The van der Waals surface area contributed by atoms with E-state index in [-0.39, 0.29) is 23.1 Å². The summed E-state index contributed by atoms with van der Waals surface area (Å²) in [6.07, 6.45) is 2.18. The molecule has 3 heterocycles. The molecule has 1 spiro atoms. The Labute approximate surface area is 190 Å². The normalized spacial score (nSPS) is 20.0. The van der Waals surface area contributed by atoms with Gasteiger partial charge in [-0.1, -0.05) is 17.7 Å². The van der Waals surface area contributed by atoms with Gasteiger partial charge < -0.3 is 10.0 Å². The molecule has 1 aromatic heterocycles. The molecule has 1 amide bonds. The average molecular weight is 461 g/mol. The molecule has 1 N–H and O–H groups in total. The number of carboxylic acids is 1. The number of amides is 1. The summed E-state index contributed by atoms with van der Waals surface area (Å²) in [7, 11) is 0. The predicted octanol–water partition coefficient (Wildman–Crippen LogP) is 2.71. The van der Waals surface area contributed by atoms with E-state index in [9.17, 15) is 14.0 Å². The van der Waals surface area contributed by atoms with E-state index in [1.54, 1.807) is 16.8 Å². The van der Waals surface area contributed by atoms with Crippen molar-refractivity contribution in [1.29, 1.82) is 0 Å². The lowest BCUT2D eigenvalue weighted by molar-refractivity contribution is -0.163. The molecule has 1 saturated carbocycles. The molecule has 7 nitrogen and oxygen atoms in total. The number of likely N-dealkylation sites (tertiary alicyclic amines) is 1. The van der Waals surface area contributed by atoms with Gasteiger partial charge in [-0.2, -0.15) is 5.10 Å². The maximum atomic E-state index is 14.3. The molecule has 0 unspecified atom stereocenters. The standard InChI is InChI=1S/C23H26ClFN4O3/c1-14-18-4-5-28(21(30)11-27-12-23(13-27)7-16(8-23)22(31)32)10-20(18)29(26-14)9-15-2-3-17(24)6-19(15)25/h2-3,6,16H,4-5,7-13H2,1H3,(H,31,32). The van der Waals surface area contributed by atoms with E-state index in [4.69, 9.17) is 16.7 Å². The summed E-state index contributed by atoms with van der Waals surface area (Å²) in [4.78, 5) is 28.0. The molecule has 0 radical (unpaired) electrons. The molecule has 3 aliphatic rings. The second-order valence-corrected chi connectivity index (χ2v) is 9.99. The van der Waals surface area contributed by atoms with Crippen molar-refractivity contribution < 1.29 is 19.1 Å². The number of fused-ring (bicyclic) bond motifs is 1. The van der Waals surface area contributed by atoms with Crippen LogP contribution in [0.4, 0.5) is 4.39 Å². The fourth-order valence-corrected chi connectivity index (χ4v) is 5.71. The number of carbonyl (C=O) groups excluding carboxylic acids is 1. The molecule has 1 aliphatic carbocycles. The molecule has 0 atom stereocenters. The van der Waals surface area contributed by atoms with Crippen LogP contribution >= 0.6 is 11.6 Å². The summed E-state index contributed by atoms with van der Waals surface area (Å²) >= 11 is 5.87. The smallest absolute Gasteiger partial charge is 0.306 e. The van der Waals surface area contributed by atoms with E-state index >= 15 is 0 Å². The third-order valence-electron chi connectivity index (χ3n) is 7.21. The summed E-state index contributed by atoms with van der Waals surface area (Å²) in [5.41, 5.74) is 3.63.